The van der Waals surface area contributed by atoms with Gasteiger partial charge in [0.25, 0.3) is 0 Å². The Kier molecular flexibility index (Phi) is 9.67. The molecule has 3 rings (SSSR count). The van der Waals surface area contributed by atoms with Gasteiger partial charge in [-0.15, -0.1) is 0 Å². The van der Waals surface area contributed by atoms with Crippen molar-refractivity contribution in [2.24, 2.45) is 0 Å². The minimum absolute atomic E-state index is 0.00457. The standard InChI is InChI=1S/C23H30N6O5S/c30-20(16-7-4-8-25-16)27-17(9-14-5-2-1-3-6-14)21(31)29-19(12-35)22(32)28-18(23(33)34)10-15-11-24-13-26-15/h1-3,5-6,11,13,16-19,25,35H,4,7-10,12H2,(H,24,26)(H,27,30)(H,28,32)(H,29,31)(H,33,34). The molecule has 1 aliphatic heterocycles. The van der Waals surface area contributed by atoms with Crippen molar-refractivity contribution in [1.82, 2.24) is 31.2 Å². The molecule has 1 aromatic heterocycles. The van der Waals surface area contributed by atoms with Crippen molar-refractivity contribution < 1.29 is 24.3 Å². The zero-order chi connectivity index (χ0) is 25.2. The number of carbonyl (C=O) groups is 4. The first kappa shape index (κ1) is 26.2. The van der Waals surface area contributed by atoms with Gasteiger partial charge in [0.2, 0.25) is 17.7 Å². The Morgan fingerprint density at radius 1 is 1.03 bits per heavy atom. The van der Waals surface area contributed by atoms with Crippen molar-refractivity contribution in [3.05, 3.63) is 54.1 Å². The van der Waals surface area contributed by atoms with Gasteiger partial charge < -0.3 is 31.4 Å². The summed E-state index contributed by atoms with van der Waals surface area (Å²) in [7, 11) is 0. The SMILES string of the molecule is O=C(O)C(Cc1cnc[nH]1)NC(=O)C(CS)NC(=O)C(Cc1ccccc1)NC(=O)C1CCCN1. The average molecular weight is 503 g/mol. The van der Waals surface area contributed by atoms with Crippen LogP contribution in [0.4, 0.5) is 0 Å². The molecule has 4 atom stereocenters. The number of aromatic amines is 1. The van der Waals surface area contributed by atoms with Gasteiger partial charge in [0.1, 0.15) is 18.1 Å². The van der Waals surface area contributed by atoms with Crippen LogP contribution >= 0.6 is 12.6 Å². The van der Waals surface area contributed by atoms with Crippen LogP contribution in [0.25, 0.3) is 0 Å². The maximum atomic E-state index is 13.2. The first-order valence-corrected chi connectivity index (χ1v) is 12.0. The fourth-order valence-corrected chi connectivity index (χ4v) is 4.05. The lowest BCUT2D eigenvalue weighted by Crippen LogP contribution is -2.58. The highest BCUT2D eigenvalue weighted by atomic mass is 32.1. The number of amides is 3. The molecule has 0 saturated carbocycles. The zero-order valence-electron chi connectivity index (χ0n) is 19.1. The van der Waals surface area contributed by atoms with Crippen LogP contribution < -0.4 is 21.3 Å². The van der Waals surface area contributed by atoms with Gasteiger partial charge in [0.05, 0.1) is 12.4 Å². The Balaban J connectivity index is 1.67. The van der Waals surface area contributed by atoms with Gasteiger partial charge in [0, 0.05) is 30.5 Å². The van der Waals surface area contributed by atoms with E-state index in [1.807, 2.05) is 30.3 Å². The molecule has 1 saturated heterocycles. The number of benzene rings is 1. The van der Waals surface area contributed by atoms with Crippen molar-refractivity contribution in [3.8, 4) is 0 Å². The molecule has 2 heterocycles. The summed E-state index contributed by atoms with van der Waals surface area (Å²) in [6, 6.07) is 5.58. The molecule has 1 aromatic carbocycles. The third kappa shape index (κ3) is 7.82. The second-order valence-electron chi connectivity index (χ2n) is 8.32. The second kappa shape index (κ2) is 12.9. The van der Waals surface area contributed by atoms with Gasteiger partial charge in [-0.05, 0) is 24.9 Å². The van der Waals surface area contributed by atoms with E-state index in [0.29, 0.717) is 12.1 Å². The fraction of sp³-hybridized carbons (Fsp3) is 0.435. The first-order chi connectivity index (χ1) is 16.9. The molecular formula is C23H30N6O5S. The molecule has 3 amide bonds. The summed E-state index contributed by atoms with van der Waals surface area (Å²) in [6.45, 7) is 0.735. The number of carbonyl (C=O) groups excluding carboxylic acids is 3. The number of H-pyrrole nitrogens is 1. The third-order valence-corrected chi connectivity index (χ3v) is 6.07. The summed E-state index contributed by atoms with van der Waals surface area (Å²) >= 11 is 4.17. The van der Waals surface area contributed by atoms with E-state index in [0.717, 1.165) is 18.5 Å². The van der Waals surface area contributed by atoms with Gasteiger partial charge in [0.15, 0.2) is 0 Å². The lowest BCUT2D eigenvalue weighted by Gasteiger charge is -2.24. The van der Waals surface area contributed by atoms with E-state index in [9.17, 15) is 24.3 Å². The molecule has 0 spiro atoms. The number of nitrogens with zero attached hydrogens (tertiary/aromatic N) is 1. The van der Waals surface area contributed by atoms with Crippen LogP contribution in [0.3, 0.4) is 0 Å². The van der Waals surface area contributed by atoms with Gasteiger partial charge in [-0.1, -0.05) is 30.3 Å². The monoisotopic (exact) mass is 502 g/mol. The minimum Gasteiger partial charge on any atom is -0.480 e. The van der Waals surface area contributed by atoms with Crippen LogP contribution in [0.2, 0.25) is 0 Å². The third-order valence-electron chi connectivity index (χ3n) is 5.70. The lowest BCUT2D eigenvalue weighted by atomic mass is 10.0. The number of hydrogen-bond donors (Lipinski definition) is 7. The highest BCUT2D eigenvalue weighted by Crippen LogP contribution is 2.08. The summed E-state index contributed by atoms with van der Waals surface area (Å²) in [5, 5.41) is 20.4. The summed E-state index contributed by atoms with van der Waals surface area (Å²) in [5.74, 6) is -2.83. The number of imidazole rings is 1. The number of nitrogens with one attached hydrogen (secondary N) is 5. The summed E-state index contributed by atoms with van der Waals surface area (Å²) in [6.07, 6.45) is 4.66. The largest absolute Gasteiger partial charge is 0.480 e. The summed E-state index contributed by atoms with van der Waals surface area (Å²) in [4.78, 5) is 56.9. The topological polar surface area (TPSA) is 165 Å². The normalized spacial score (nSPS) is 17.7. The number of aromatic nitrogens is 2. The smallest absolute Gasteiger partial charge is 0.326 e. The van der Waals surface area contributed by atoms with Gasteiger partial charge in [-0.3, -0.25) is 14.4 Å². The molecule has 6 N–H and O–H groups in total. The minimum atomic E-state index is -1.23. The number of carboxylic acids is 1. The summed E-state index contributed by atoms with van der Waals surface area (Å²) in [5.41, 5.74) is 1.38. The van der Waals surface area contributed by atoms with Gasteiger partial charge in [-0.2, -0.15) is 12.6 Å². The number of hydrogen-bond acceptors (Lipinski definition) is 7. The molecule has 35 heavy (non-hydrogen) atoms. The molecule has 1 fully saturated rings. The quantitative estimate of drug-likeness (QED) is 0.191. The van der Waals surface area contributed by atoms with Crippen molar-refractivity contribution in [2.45, 2.75) is 49.9 Å². The zero-order valence-corrected chi connectivity index (χ0v) is 20.0. The Labute approximate surface area is 208 Å². The van der Waals surface area contributed by atoms with E-state index in [1.54, 1.807) is 0 Å². The summed E-state index contributed by atoms with van der Waals surface area (Å²) < 4.78 is 0. The first-order valence-electron chi connectivity index (χ1n) is 11.4. The molecule has 0 bridgehead atoms. The van der Waals surface area contributed by atoms with E-state index in [1.165, 1.54) is 12.5 Å². The number of rotatable bonds is 12. The Hall–Kier alpha value is -3.38. The van der Waals surface area contributed by atoms with Crippen molar-refractivity contribution >= 4 is 36.3 Å². The van der Waals surface area contributed by atoms with Gasteiger partial charge >= 0.3 is 5.97 Å². The molecule has 2 aromatic rings. The highest BCUT2D eigenvalue weighted by Gasteiger charge is 2.31. The van der Waals surface area contributed by atoms with Crippen LogP contribution in [0.5, 0.6) is 0 Å². The van der Waals surface area contributed by atoms with E-state index in [-0.39, 0.29) is 30.5 Å². The lowest BCUT2D eigenvalue weighted by molar-refractivity contribution is -0.142. The molecule has 11 nitrogen and oxygen atoms in total. The van der Waals surface area contributed by atoms with Crippen molar-refractivity contribution in [2.75, 3.05) is 12.3 Å². The van der Waals surface area contributed by atoms with E-state index in [4.69, 9.17) is 0 Å². The maximum Gasteiger partial charge on any atom is 0.326 e. The van der Waals surface area contributed by atoms with Crippen LogP contribution in [-0.4, -0.2) is 75.2 Å². The van der Waals surface area contributed by atoms with Gasteiger partial charge in [-0.25, -0.2) is 9.78 Å². The highest BCUT2D eigenvalue weighted by molar-refractivity contribution is 7.80. The molecule has 0 aliphatic carbocycles. The molecular weight excluding hydrogens is 472 g/mol. The van der Waals surface area contributed by atoms with Crippen LogP contribution in [-0.2, 0) is 32.0 Å². The second-order valence-corrected chi connectivity index (χ2v) is 8.69. The predicted octanol–water partition coefficient (Wildman–Crippen LogP) is -0.584. The Morgan fingerprint density at radius 2 is 1.74 bits per heavy atom. The van der Waals surface area contributed by atoms with E-state index >= 15 is 0 Å². The maximum absolute atomic E-state index is 13.2. The molecule has 12 heteroatoms. The van der Waals surface area contributed by atoms with E-state index < -0.39 is 35.9 Å². The molecule has 1 aliphatic rings. The molecule has 4 unspecified atom stereocenters. The predicted molar refractivity (Wildman–Crippen MR) is 131 cm³/mol. The van der Waals surface area contributed by atoms with E-state index in [2.05, 4.69) is 43.9 Å². The van der Waals surface area contributed by atoms with Crippen LogP contribution in [0, 0.1) is 0 Å². The van der Waals surface area contributed by atoms with Crippen molar-refractivity contribution in [3.63, 3.8) is 0 Å². The Bertz CT molecular complexity index is 997. The Morgan fingerprint density at radius 3 is 2.34 bits per heavy atom. The average Bonchev–Trinajstić information content (AvgIpc) is 3.56. The number of thiol groups is 1. The fourth-order valence-electron chi connectivity index (χ4n) is 3.79. The molecule has 0 radical (unpaired) electrons. The van der Waals surface area contributed by atoms with Crippen molar-refractivity contribution in [1.29, 1.82) is 0 Å². The number of carboxylic acid groups (broad SMARTS) is 1. The van der Waals surface area contributed by atoms with Crippen LogP contribution in [0.15, 0.2) is 42.9 Å². The number of aliphatic carboxylic acids is 1. The van der Waals surface area contributed by atoms with Crippen LogP contribution in [0.1, 0.15) is 24.1 Å². The molecule has 188 valence electrons.